The van der Waals surface area contributed by atoms with E-state index in [4.69, 9.17) is 0 Å². The molecule has 0 aliphatic carbocycles. The van der Waals surface area contributed by atoms with Crippen molar-refractivity contribution in [3.8, 4) is 0 Å². The predicted molar refractivity (Wildman–Crippen MR) is 55.2 cm³/mol. The lowest BCUT2D eigenvalue weighted by Gasteiger charge is -2.15. The molecule has 2 heterocycles. The van der Waals surface area contributed by atoms with E-state index in [0.29, 0.717) is 6.42 Å². The molecular formula is C11H14N2O. The summed E-state index contributed by atoms with van der Waals surface area (Å²) >= 11 is 0. The lowest BCUT2D eigenvalue weighted by atomic mass is 10.00. The fraction of sp³-hybridized carbons (Fsp3) is 0.364. The van der Waals surface area contributed by atoms with Crippen molar-refractivity contribution in [1.29, 1.82) is 0 Å². The Kier molecular flexibility index (Phi) is 2.04. The second-order valence-electron chi connectivity index (χ2n) is 4.19. The molecule has 3 heteroatoms. The maximum Gasteiger partial charge on any atom is 0.0694 e. The van der Waals surface area contributed by atoms with Gasteiger partial charge in [0.1, 0.15) is 0 Å². The number of hydrogen-bond acceptors (Lipinski definition) is 2. The molecule has 0 saturated heterocycles. The number of rotatable bonds is 2. The zero-order valence-electron chi connectivity index (χ0n) is 8.44. The highest BCUT2D eigenvalue weighted by Crippen LogP contribution is 2.16. The fourth-order valence-corrected chi connectivity index (χ4v) is 1.59. The fourth-order valence-electron chi connectivity index (χ4n) is 1.59. The minimum Gasteiger partial charge on any atom is -0.390 e. The Balaban J connectivity index is 2.44. The Morgan fingerprint density at radius 2 is 2.21 bits per heavy atom. The first-order chi connectivity index (χ1) is 6.56. The van der Waals surface area contributed by atoms with Crippen molar-refractivity contribution in [2.24, 2.45) is 0 Å². The molecule has 0 aliphatic rings. The summed E-state index contributed by atoms with van der Waals surface area (Å²) in [5.74, 6) is 0. The van der Waals surface area contributed by atoms with Crippen molar-refractivity contribution in [2.75, 3.05) is 0 Å². The summed E-state index contributed by atoms with van der Waals surface area (Å²) in [6.07, 6.45) is 4.34. The van der Waals surface area contributed by atoms with Gasteiger partial charge >= 0.3 is 0 Å². The number of pyridine rings is 1. The van der Waals surface area contributed by atoms with E-state index in [0.717, 1.165) is 11.1 Å². The molecule has 0 fully saturated rings. The molecule has 3 nitrogen and oxygen atoms in total. The second-order valence-corrected chi connectivity index (χ2v) is 4.19. The Hall–Kier alpha value is -1.35. The first kappa shape index (κ1) is 9.21. The van der Waals surface area contributed by atoms with Gasteiger partial charge in [0.25, 0.3) is 0 Å². The highest BCUT2D eigenvalue weighted by atomic mass is 16.3. The van der Waals surface area contributed by atoms with Crippen molar-refractivity contribution >= 4 is 5.52 Å². The van der Waals surface area contributed by atoms with Gasteiger partial charge in [0, 0.05) is 18.2 Å². The van der Waals surface area contributed by atoms with Crippen molar-refractivity contribution in [1.82, 2.24) is 9.61 Å². The van der Waals surface area contributed by atoms with E-state index in [1.165, 1.54) is 0 Å². The highest BCUT2D eigenvalue weighted by Gasteiger charge is 2.16. The van der Waals surface area contributed by atoms with Crippen LogP contribution in [0.1, 0.15) is 19.4 Å². The average molecular weight is 190 g/mol. The molecule has 74 valence electrons. The van der Waals surface area contributed by atoms with Crippen LogP contribution < -0.4 is 0 Å². The summed E-state index contributed by atoms with van der Waals surface area (Å²) in [7, 11) is 0. The molecule has 14 heavy (non-hydrogen) atoms. The molecule has 0 spiro atoms. The third kappa shape index (κ3) is 1.77. The van der Waals surface area contributed by atoms with Crippen LogP contribution in [0.4, 0.5) is 0 Å². The second kappa shape index (κ2) is 3.10. The first-order valence-corrected chi connectivity index (χ1v) is 4.70. The maximum absolute atomic E-state index is 9.71. The summed E-state index contributed by atoms with van der Waals surface area (Å²) in [5.41, 5.74) is 1.46. The molecule has 2 aromatic heterocycles. The van der Waals surface area contributed by atoms with Gasteiger partial charge in [-0.1, -0.05) is 6.07 Å². The van der Waals surface area contributed by atoms with Gasteiger partial charge in [-0.05, 0) is 26.0 Å². The minimum atomic E-state index is -0.681. The van der Waals surface area contributed by atoms with Crippen LogP contribution in [-0.4, -0.2) is 20.3 Å². The molecule has 0 aliphatic heterocycles. The van der Waals surface area contributed by atoms with Gasteiger partial charge in [0.05, 0.1) is 17.3 Å². The molecule has 0 saturated carbocycles. The van der Waals surface area contributed by atoms with Gasteiger partial charge in [-0.3, -0.25) is 0 Å². The molecule has 0 bridgehead atoms. The van der Waals surface area contributed by atoms with Gasteiger partial charge in [0.15, 0.2) is 0 Å². The lowest BCUT2D eigenvalue weighted by molar-refractivity contribution is 0.0813. The van der Waals surface area contributed by atoms with Crippen LogP contribution in [0.25, 0.3) is 5.52 Å². The lowest BCUT2D eigenvalue weighted by Crippen LogP contribution is -2.21. The van der Waals surface area contributed by atoms with E-state index in [1.54, 1.807) is 13.8 Å². The Morgan fingerprint density at radius 3 is 2.93 bits per heavy atom. The van der Waals surface area contributed by atoms with Crippen LogP contribution in [0, 0.1) is 0 Å². The molecular weight excluding hydrogens is 176 g/mol. The van der Waals surface area contributed by atoms with Gasteiger partial charge in [-0.2, -0.15) is 5.10 Å². The van der Waals surface area contributed by atoms with Gasteiger partial charge in [-0.25, -0.2) is 4.52 Å². The SMILES string of the molecule is CC(C)(O)Cc1cnn2ccccc12. The van der Waals surface area contributed by atoms with E-state index >= 15 is 0 Å². The number of hydrogen-bond donors (Lipinski definition) is 1. The normalized spacial score (nSPS) is 12.2. The number of aliphatic hydroxyl groups is 1. The number of aromatic nitrogens is 2. The van der Waals surface area contributed by atoms with Crippen molar-refractivity contribution in [3.63, 3.8) is 0 Å². The van der Waals surface area contributed by atoms with E-state index in [-0.39, 0.29) is 0 Å². The van der Waals surface area contributed by atoms with E-state index in [1.807, 2.05) is 35.1 Å². The number of nitrogens with zero attached hydrogens (tertiary/aromatic N) is 2. The van der Waals surface area contributed by atoms with Crippen molar-refractivity contribution < 1.29 is 5.11 Å². The van der Waals surface area contributed by atoms with Crippen molar-refractivity contribution in [3.05, 3.63) is 36.2 Å². The Labute approximate surface area is 83.0 Å². The maximum atomic E-state index is 9.71. The summed E-state index contributed by atoms with van der Waals surface area (Å²) in [5, 5.41) is 13.9. The molecule has 0 aromatic carbocycles. The van der Waals surface area contributed by atoms with Crippen LogP contribution in [0.2, 0.25) is 0 Å². The van der Waals surface area contributed by atoms with E-state index in [2.05, 4.69) is 5.10 Å². The largest absolute Gasteiger partial charge is 0.390 e. The number of fused-ring (bicyclic) bond motifs is 1. The molecule has 2 rings (SSSR count). The van der Waals surface area contributed by atoms with E-state index < -0.39 is 5.60 Å². The topological polar surface area (TPSA) is 37.5 Å². The molecule has 0 atom stereocenters. The van der Waals surface area contributed by atoms with E-state index in [9.17, 15) is 5.11 Å². The van der Waals surface area contributed by atoms with Crippen molar-refractivity contribution in [2.45, 2.75) is 25.9 Å². The van der Waals surface area contributed by atoms with Crippen LogP contribution in [0.5, 0.6) is 0 Å². The van der Waals surface area contributed by atoms with Crippen LogP contribution in [0.15, 0.2) is 30.6 Å². The van der Waals surface area contributed by atoms with Crippen LogP contribution in [-0.2, 0) is 6.42 Å². The summed E-state index contributed by atoms with van der Waals surface area (Å²) in [6, 6.07) is 5.92. The summed E-state index contributed by atoms with van der Waals surface area (Å²) in [6.45, 7) is 3.61. The quantitative estimate of drug-likeness (QED) is 0.781. The highest BCUT2D eigenvalue weighted by molar-refractivity contribution is 5.53. The summed E-state index contributed by atoms with van der Waals surface area (Å²) < 4.78 is 1.82. The third-order valence-electron chi connectivity index (χ3n) is 2.13. The predicted octanol–water partition coefficient (Wildman–Crippen LogP) is 1.65. The average Bonchev–Trinajstić information content (AvgIpc) is 2.47. The Morgan fingerprint density at radius 1 is 1.43 bits per heavy atom. The Bertz CT molecular complexity index is 440. The molecule has 0 amide bonds. The van der Waals surface area contributed by atoms with Crippen LogP contribution in [0.3, 0.4) is 0 Å². The molecule has 2 aromatic rings. The smallest absolute Gasteiger partial charge is 0.0694 e. The molecule has 0 radical (unpaired) electrons. The summed E-state index contributed by atoms with van der Waals surface area (Å²) in [4.78, 5) is 0. The zero-order valence-corrected chi connectivity index (χ0v) is 8.44. The molecule has 1 N–H and O–H groups in total. The minimum absolute atomic E-state index is 0.626. The monoisotopic (exact) mass is 190 g/mol. The third-order valence-corrected chi connectivity index (χ3v) is 2.13. The van der Waals surface area contributed by atoms with Crippen LogP contribution >= 0.6 is 0 Å². The van der Waals surface area contributed by atoms with Gasteiger partial charge in [0.2, 0.25) is 0 Å². The van der Waals surface area contributed by atoms with Gasteiger partial charge in [-0.15, -0.1) is 0 Å². The standard InChI is InChI=1S/C11H14N2O/c1-11(2,14)7-9-8-12-13-6-4-3-5-10(9)13/h3-6,8,14H,7H2,1-2H3. The zero-order chi connectivity index (χ0) is 10.2. The first-order valence-electron chi connectivity index (χ1n) is 4.70. The van der Waals surface area contributed by atoms with Gasteiger partial charge < -0.3 is 5.11 Å². The molecule has 0 unspecified atom stereocenters.